The van der Waals surface area contributed by atoms with Crippen LogP contribution in [-0.2, 0) is 16.1 Å². The van der Waals surface area contributed by atoms with Crippen molar-refractivity contribution < 1.29 is 14.3 Å². The summed E-state index contributed by atoms with van der Waals surface area (Å²) < 4.78 is 6.20. The van der Waals surface area contributed by atoms with Crippen molar-refractivity contribution in [1.29, 1.82) is 0 Å². The molecule has 0 saturated carbocycles. The van der Waals surface area contributed by atoms with Crippen molar-refractivity contribution in [3.05, 3.63) is 65.7 Å². The fourth-order valence-corrected chi connectivity index (χ4v) is 3.20. The number of hydrogen-bond donors (Lipinski definition) is 1. The van der Waals surface area contributed by atoms with E-state index in [0.717, 1.165) is 23.3 Å². The van der Waals surface area contributed by atoms with Gasteiger partial charge in [0.1, 0.15) is 5.75 Å². The Labute approximate surface area is 173 Å². The zero-order valence-corrected chi connectivity index (χ0v) is 17.6. The average Bonchev–Trinajstić information content (AvgIpc) is 2.74. The van der Waals surface area contributed by atoms with E-state index >= 15 is 0 Å². The first-order valence-electron chi connectivity index (χ1n) is 10.3. The van der Waals surface area contributed by atoms with Crippen molar-refractivity contribution in [3.8, 4) is 5.75 Å². The number of amides is 2. The normalized spacial score (nSPS) is 12.8. The molecule has 2 amide bonds. The summed E-state index contributed by atoms with van der Waals surface area (Å²) in [6.45, 7) is 6.91. The van der Waals surface area contributed by atoms with Crippen LogP contribution in [0.15, 0.2) is 54.6 Å². The number of benzene rings is 2. The summed E-state index contributed by atoms with van der Waals surface area (Å²) in [4.78, 5) is 26.3. The van der Waals surface area contributed by atoms with E-state index in [4.69, 9.17) is 10.5 Å². The number of rotatable bonds is 11. The monoisotopic (exact) mass is 396 g/mol. The van der Waals surface area contributed by atoms with E-state index in [0.29, 0.717) is 18.9 Å². The molecule has 0 heterocycles. The number of nitrogens with zero attached hydrogens (tertiary/aromatic N) is 1. The first kappa shape index (κ1) is 22.5. The highest BCUT2D eigenvalue weighted by molar-refractivity contribution is 5.82. The molecule has 0 fully saturated rings. The van der Waals surface area contributed by atoms with Crippen LogP contribution in [0.4, 0.5) is 0 Å². The lowest BCUT2D eigenvalue weighted by Crippen LogP contribution is -2.42. The van der Waals surface area contributed by atoms with Crippen LogP contribution in [0.25, 0.3) is 0 Å². The standard InChI is InChI=1S/C24H32N2O3/c1-4-18(3)20-13-9-10-14-22(20)29-21(5-2)24(28)26(16-15-23(25)27)17-19-11-7-6-8-12-19/h6-14,18,21H,4-5,15-17H2,1-3H3,(H2,25,27). The van der Waals surface area contributed by atoms with Gasteiger partial charge in [-0.1, -0.05) is 69.3 Å². The van der Waals surface area contributed by atoms with Crippen molar-refractivity contribution >= 4 is 11.8 Å². The van der Waals surface area contributed by atoms with E-state index in [-0.39, 0.29) is 18.9 Å². The van der Waals surface area contributed by atoms with E-state index in [9.17, 15) is 9.59 Å². The molecule has 29 heavy (non-hydrogen) atoms. The quantitative estimate of drug-likeness (QED) is 0.617. The highest BCUT2D eigenvalue weighted by atomic mass is 16.5. The Balaban J connectivity index is 2.21. The van der Waals surface area contributed by atoms with Gasteiger partial charge in [-0.15, -0.1) is 0 Å². The Morgan fingerprint density at radius 3 is 2.28 bits per heavy atom. The second-order valence-electron chi connectivity index (χ2n) is 7.32. The van der Waals surface area contributed by atoms with Gasteiger partial charge in [-0.25, -0.2) is 0 Å². The van der Waals surface area contributed by atoms with Gasteiger partial charge in [-0.2, -0.15) is 0 Å². The van der Waals surface area contributed by atoms with E-state index < -0.39 is 12.0 Å². The Morgan fingerprint density at radius 1 is 1.00 bits per heavy atom. The van der Waals surface area contributed by atoms with Gasteiger partial charge in [0.2, 0.25) is 5.91 Å². The molecular weight excluding hydrogens is 364 g/mol. The molecule has 2 atom stereocenters. The fourth-order valence-electron chi connectivity index (χ4n) is 3.20. The molecule has 0 saturated heterocycles. The SMILES string of the molecule is CCC(Oc1ccccc1C(C)CC)C(=O)N(CCC(N)=O)Cc1ccccc1. The number of carbonyl (C=O) groups is 2. The number of ether oxygens (including phenoxy) is 1. The maximum atomic E-state index is 13.3. The first-order valence-corrected chi connectivity index (χ1v) is 10.3. The second-order valence-corrected chi connectivity index (χ2v) is 7.32. The van der Waals surface area contributed by atoms with Gasteiger partial charge in [0.05, 0.1) is 0 Å². The molecule has 0 bridgehead atoms. The van der Waals surface area contributed by atoms with Crippen LogP contribution >= 0.6 is 0 Å². The molecule has 156 valence electrons. The molecule has 2 unspecified atom stereocenters. The Morgan fingerprint density at radius 2 is 1.66 bits per heavy atom. The molecule has 2 aromatic carbocycles. The summed E-state index contributed by atoms with van der Waals surface area (Å²) in [5.74, 6) is 0.536. The van der Waals surface area contributed by atoms with Crippen LogP contribution in [0.5, 0.6) is 5.75 Å². The van der Waals surface area contributed by atoms with Crippen molar-refractivity contribution in [1.82, 2.24) is 4.90 Å². The summed E-state index contributed by atoms with van der Waals surface area (Å²) in [6, 6.07) is 17.6. The molecule has 2 aromatic rings. The van der Waals surface area contributed by atoms with Crippen LogP contribution in [0.3, 0.4) is 0 Å². The third kappa shape index (κ3) is 6.63. The molecule has 0 aliphatic carbocycles. The molecule has 2 N–H and O–H groups in total. The molecule has 5 heteroatoms. The van der Waals surface area contributed by atoms with Gasteiger partial charge in [0.25, 0.3) is 5.91 Å². The van der Waals surface area contributed by atoms with E-state index in [1.54, 1.807) is 4.90 Å². The number of primary amides is 1. The zero-order valence-electron chi connectivity index (χ0n) is 17.6. The number of nitrogens with two attached hydrogens (primary N) is 1. The van der Waals surface area contributed by atoms with E-state index in [1.165, 1.54) is 0 Å². The third-order valence-corrected chi connectivity index (χ3v) is 5.13. The van der Waals surface area contributed by atoms with Gasteiger partial charge in [0, 0.05) is 19.5 Å². The molecule has 5 nitrogen and oxygen atoms in total. The van der Waals surface area contributed by atoms with Gasteiger partial charge < -0.3 is 15.4 Å². The van der Waals surface area contributed by atoms with Crippen molar-refractivity contribution in [3.63, 3.8) is 0 Å². The van der Waals surface area contributed by atoms with Crippen molar-refractivity contribution in [2.45, 2.75) is 58.6 Å². The molecule has 0 aliphatic rings. The van der Waals surface area contributed by atoms with Crippen LogP contribution in [0.2, 0.25) is 0 Å². The highest BCUT2D eigenvalue weighted by Crippen LogP contribution is 2.29. The Kier molecular flexibility index (Phi) is 8.71. The largest absolute Gasteiger partial charge is 0.480 e. The Bertz CT molecular complexity index is 792. The summed E-state index contributed by atoms with van der Waals surface area (Å²) in [6.07, 6.45) is 1.04. The summed E-state index contributed by atoms with van der Waals surface area (Å²) in [7, 11) is 0. The molecule has 2 rings (SSSR count). The third-order valence-electron chi connectivity index (χ3n) is 5.13. The molecule has 0 aromatic heterocycles. The second kappa shape index (κ2) is 11.2. The van der Waals surface area contributed by atoms with E-state index in [2.05, 4.69) is 19.9 Å². The lowest BCUT2D eigenvalue weighted by atomic mass is 9.98. The zero-order chi connectivity index (χ0) is 21.2. The van der Waals surface area contributed by atoms with Gasteiger partial charge in [0.15, 0.2) is 6.10 Å². The number of para-hydroxylation sites is 1. The highest BCUT2D eigenvalue weighted by Gasteiger charge is 2.26. The molecule has 0 radical (unpaired) electrons. The topological polar surface area (TPSA) is 72.6 Å². The maximum absolute atomic E-state index is 13.3. The van der Waals surface area contributed by atoms with Crippen LogP contribution < -0.4 is 10.5 Å². The van der Waals surface area contributed by atoms with Crippen LogP contribution in [-0.4, -0.2) is 29.4 Å². The Hall–Kier alpha value is -2.82. The molecule has 0 spiro atoms. The number of hydrogen-bond acceptors (Lipinski definition) is 3. The summed E-state index contributed by atoms with van der Waals surface area (Å²) >= 11 is 0. The lowest BCUT2D eigenvalue weighted by Gasteiger charge is -2.28. The average molecular weight is 397 g/mol. The number of carbonyl (C=O) groups excluding carboxylic acids is 2. The van der Waals surface area contributed by atoms with Crippen LogP contribution in [0, 0.1) is 0 Å². The first-order chi connectivity index (χ1) is 14.0. The maximum Gasteiger partial charge on any atom is 0.263 e. The summed E-state index contributed by atoms with van der Waals surface area (Å²) in [5.41, 5.74) is 7.43. The smallest absolute Gasteiger partial charge is 0.263 e. The van der Waals surface area contributed by atoms with Gasteiger partial charge in [-0.3, -0.25) is 9.59 Å². The van der Waals surface area contributed by atoms with Crippen molar-refractivity contribution in [2.75, 3.05) is 6.54 Å². The minimum atomic E-state index is -0.614. The fraction of sp³-hybridized carbons (Fsp3) is 0.417. The van der Waals surface area contributed by atoms with Gasteiger partial charge >= 0.3 is 0 Å². The molecule has 0 aliphatic heterocycles. The lowest BCUT2D eigenvalue weighted by molar-refractivity contribution is -0.139. The predicted octanol–water partition coefficient (Wildman–Crippen LogP) is 4.26. The predicted molar refractivity (Wildman–Crippen MR) is 116 cm³/mol. The van der Waals surface area contributed by atoms with Gasteiger partial charge in [-0.05, 0) is 36.0 Å². The van der Waals surface area contributed by atoms with Crippen molar-refractivity contribution in [2.24, 2.45) is 5.73 Å². The van der Waals surface area contributed by atoms with Crippen LogP contribution in [0.1, 0.15) is 57.1 Å². The minimum Gasteiger partial charge on any atom is -0.480 e. The minimum absolute atomic E-state index is 0.123. The molecular formula is C24H32N2O3. The summed E-state index contributed by atoms with van der Waals surface area (Å²) in [5, 5.41) is 0. The van der Waals surface area contributed by atoms with E-state index in [1.807, 2.05) is 55.5 Å².